The minimum atomic E-state index is 0.489. The molecular formula is C14H12BrN3OS2. The molecule has 3 aromatic rings. The van der Waals surface area contributed by atoms with E-state index in [4.69, 9.17) is 10.3 Å². The Balaban J connectivity index is 1.70. The largest absolute Gasteiger partial charge is 0.390 e. The van der Waals surface area contributed by atoms with Crippen LogP contribution in [-0.4, -0.2) is 10.1 Å². The Kier molecular flexibility index (Phi) is 4.32. The molecule has 3 rings (SSSR count). The molecule has 2 N–H and O–H groups in total. The van der Waals surface area contributed by atoms with E-state index in [0.717, 1.165) is 19.8 Å². The fourth-order valence-corrected chi connectivity index (χ4v) is 3.59. The van der Waals surface area contributed by atoms with Gasteiger partial charge in [-0.25, -0.2) is 0 Å². The van der Waals surface area contributed by atoms with Gasteiger partial charge in [0.05, 0.1) is 16.3 Å². The van der Waals surface area contributed by atoms with Crippen molar-refractivity contribution in [2.24, 2.45) is 0 Å². The van der Waals surface area contributed by atoms with Crippen molar-refractivity contribution < 1.29 is 4.52 Å². The van der Waals surface area contributed by atoms with Gasteiger partial charge in [0, 0.05) is 14.2 Å². The highest BCUT2D eigenvalue weighted by Gasteiger charge is 2.14. The second-order valence-electron chi connectivity index (χ2n) is 4.39. The number of nitrogens with zero attached hydrogens (tertiary/aromatic N) is 2. The van der Waals surface area contributed by atoms with Crippen LogP contribution in [-0.2, 0) is 5.75 Å². The van der Waals surface area contributed by atoms with Crippen LogP contribution in [0.15, 0.2) is 44.2 Å². The normalized spacial score (nSPS) is 11.0. The fourth-order valence-electron chi connectivity index (χ4n) is 1.80. The van der Waals surface area contributed by atoms with Crippen molar-refractivity contribution >= 4 is 44.0 Å². The zero-order chi connectivity index (χ0) is 14.8. The average Bonchev–Trinajstić information content (AvgIpc) is 3.04. The van der Waals surface area contributed by atoms with Gasteiger partial charge in [-0.05, 0) is 37.3 Å². The summed E-state index contributed by atoms with van der Waals surface area (Å²) in [5.74, 6) is 1.82. The molecule has 0 fully saturated rings. The van der Waals surface area contributed by atoms with Crippen molar-refractivity contribution in [3.8, 4) is 11.5 Å². The molecule has 1 aromatic carbocycles. The Morgan fingerprint density at radius 1 is 1.33 bits per heavy atom. The number of thioether (sulfide) groups is 1. The standard InChI is InChI=1S/C14H12BrN3OS2/c1-8-6-11(13(16)21-8)14-17-12(18-19-14)7-20-10-4-2-9(15)3-5-10/h2-6H,7,16H2,1H3. The predicted molar refractivity (Wildman–Crippen MR) is 90.5 cm³/mol. The number of nitrogens with two attached hydrogens (primary N) is 1. The molecule has 0 spiro atoms. The first-order valence-corrected chi connectivity index (χ1v) is 8.78. The molecule has 4 nitrogen and oxygen atoms in total. The third kappa shape index (κ3) is 3.48. The van der Waals surface area contributed by atoms with Gasteiger partial charge in [-0.15, -0.1) is 23.1 Å². The summed E-state index contributed by atoms with van der Waals surface area (Å²) in [6.45, 7) is 2.01. The minimum absolute atomic E-state index is 0.489. The van der Waals surface area contributed by atoms with Crippen molar-refractivity contribution in [1.29, 1.82) is 0 Å². The van der Waals surface area contributed by atoms with E-state index in [1.54, 1.807) is 11.8 Å². The summed E-state index contributed by atoms with van der Waals surface area (Å²) in [6.07, 6.45) is 0. The van der Waals surface area contributed by atoms with Crippen molar-refractivity contribution in [3.05, 3.63) is 45.5 Å². The van der Waals surface area contributed by atoms with Gasteiger partial charge in [-0.3, -0.25) is 0 Å². The molecule has 0 atom stereocenters. The number of aromatic nitrogens is 2. The lowest BCUT2D eigenvalue weighted by Gasteiger charge is -1.97. The van der Waals surface area contributed by atoms with E-state index in [0.29, 0.717) is 22.5 Å². The highest BCUT2D eigenvalue weighted by Crippen LogP contribution is 2.33. The Morgan fingerprint density at radius 3 is 2.76 bits per heavy atom. The molecule has 2 aromatic heterocycles. The van der Waals surface area contributed by atoms with Gasteiger partial charge in [0.2, 0.25) is 0 Å². The molecule has 0 saturated carbocycles. The highest BCUT2D eigenvalue weighted by molar-refractivity contribution is 9.10. The zero-order valence-corrected chi connectivity index (χ0v) is 14.4. The topological polar surface area (TPSA) is 64.9 Å². The predicted octanol–water partition coefficient (Wildman–Crippen LogP) is 4.74. The molecule has 0 bridgehead atoms. The second-order valence-corrected chi connectivity index (χ2v) is 7.65. The molecule has 7 heteroatoms. The molecule has 0 aliphatic rings. The van der Waals surface area contributed by atoms with Gasteiger partial charge in [0.15, 0.2) is 5.82 Å². The molecule has 0 unspecified atom stereocenters. The molecule has 0 saturated heterocycles. The van der Waals surface area contributed by atoms with Crippen LogP contribution in [0.3, 0.4) is 0 Å². The maximum atomic E-state index is 5.94. The molecule has 0 aliphatic heterocycles. The van der Waals surface area contributed by atoms with Gasteiger partial charge >= 0.3 is 0 Å². The number of hydrogen-bond acceptors (Lipinski definition) is 6. The third-order valence-corrected chi connectivity index (χ3v) is 5.18. The number of nitrogen functional groups attached to an aromatic ring is 1. The summed E-state index contributed by atoms with van der Waals surface area (Å²) in [7, 11) is 0. The van der Waals surface area contributed by atoms with Crippen LogP contribution in [0, 0.1) is 6.92 Å². The van der Waals surface area contributed by atoms with Crippen LogP contribution >= 0.6 is 39.0 Å². The van der Waals surface area contributed by atoms with E-state index in [-0.39, 0.29) is 0 Å². The van der Waals surface area contributed by atoms with E-state index in [1.807, 2.05) is 25.1 Å². The lowest BCUT2D eigenvalue weighted by molar-refractivity contribution is 0.425. The lowest BCUT2D eigenvalue weighted by Crippen LogP contribution is -1.86. The SMILES string of the molecule is Cc1cc(-c2nc(CSc3ccc(Br)cc3)no2)c(N)s1. The number of benzene rings is 1. The van der Waals surface area contributed by atoms with Gasteiger partial charge < -0.3 is 10.3 Å². The first kappa shape index (κ1) is 14.6. The molecule has 2 heterocycles. The number of hydrogen-bond donors (Lipinski definition) is 1. The number of aryl methyl sites for hydroxylation is 1. The van der Waals surface area contributed by atoms with Crippen molar-refractivity contribution in [3.63, 3.8) is 0 Å². The first-order chi connectivity index (χ1) is 10.1. The summed E-state index contributed by atoms with van der Waals surface area (Å²) in [6, 6.07) is 10.1. The summed E-state index contributed by atoms with van der Waals surface area (Å²) in [5, 5.41) is 4.72. The maximum absolute atomic E-state index is 5.94. The fraction of sp³-hybridized carbons (Fsp3) is 0.143. The molecule has 108 valence electrons. The summed E-state index contributed by atoms with van der Waals surface area (Å²) in [5.41, 5.74) is 6.77. The van der Waals surface area contributed by atoms with E-state index in [2.05, 4.69) is 38.2 Å². The van der Waals surface area contributed by atoms with Gasteiger partial charge in [-0.2, -0.15) is 4.98 Å². The number of halogens is 1. The molecule has 0 radical (unpaired) electrons. The molecule has 0 aliphatic carbocycles. The smallest absolute Gasteiger partial charge is 0.260 e. The van der Waals surface area contributed by atoms with E-state index in [9.17, 15) is 0 Å². The minimum Gasteiger partial charge on any atom is -0.390 e. The number of thiophene rings is 1. The van der Waals surface area contributed by atoms with Crippen molar-refractivity contribution in [1.82, 2.24) is 10.1 Å². The number of rotatable bonds is 4. The van der Waals surface area contributed by atoms with Crippen molar-refractivity contribution in [2.75, 3.05) is 5.73 Å². The molecule has 0 amide bonds. The Labute approximate surface area is 138 Å². The van der Waals surface area contributed by atoms with Crippen LogP contribution < -0.4 is 5.73 Å². The average molecular weight is 382 g/mol. The Morgan fingerprint density at radius 2 is 2.10 bits per heavy atom. The Bertz CT molecular complexity index is 752. The summed E-state index contributed by atoms with van der Waals surface area (Å²) < 4.78 is 6.36. The van der Waals surface area contributed by atoms with E-state index < -0.39 is 0 Å². The molecular weight excluding hydrogens is 370 g/mol. The molecule has 21 heavy (non-hydrogen) atoms. The van der Waals surface area contributed by atoms with Gasteiger partial charge in [-0.1, -0.05) is 21.1 Å². The van der Waals surface area contributed by atoms with E-state index in [1.165, 1.54) is 11.3 Å². The Hall–Kier alpha value is -1.31. The summed E-state index contributed by atoms with van der Waals surface area (Å²) in [4.78, 5) is 6.70. The second kappa shape index (κ2) is 6.21. The number of anilines is 1. The lowest BCUT2D eigenvalue weighted by atomic mass is 10.3. The summed E-state index contributed by atoms with van der Waals surface area (Å²) >= 11 is 6.61. The highest BCUT2D eigenvalue weighted by atomic mass is 79.9. The van der Waals surface area contributed by atoms with Crippen LogP contribution in [0.25, 0.3) is 11.5 Å². The van der Waals surface area contributed by atoms with Crippen LogP contribution in [0.2, 0.25) is 0 Å². The third-order valence-electron chi connectivity index (χ3n) is 2.76. The first-order valence-electron chi connectivity index (χ1n) is 6.19. The quantitative estimate of drug-likeness (QED) is 0.660. The van der Waals surface area contributed by atoms with Crippen LogP contribution in [0.4, 0.5) is 5.00 Å². The van der Waals surface area contributed by atoms with Crippen LogP contribution in [0.5, 0.6) is 0 Å². The van der Waals surface area contributed by atoms with Gasteiger partial charge in [0.1, 0.15) is 0 Å². The maximum Gasteiger partial charge on any atom is 0.260 e. The monoisotopic (exact) mass is 381 g/mol. The van der Waals surface area contributed by atoms with Gasteiger partial charge in [0.25, 0.3) is 5.89 Å². The van der Waals surface area contributed by atoms with Crippen LogP contribution in [0.1, 0.15) is 10.7 Å². The zero-order valence-electron chi connectivity index (χ0n) is 11.2. The van der Waals surface area contributed by atoms with Crippen molar-refractivity contribution in [2.45, 2.75) is 17.6 Å². The van der Waals surface area contributed by atoms with E-state index >= 15 is 0 Å².